The van der Waals surface area contributed by atoms with Crippen LogP contribution in [0.4, 0.5) is 5.95 Å². The van der Waals surface area contributed by atoms with E-state index in [1.54, 1.807) is 13.3 Å². The van der Waals surface area contributed by atoms with Crippen LogP contribution in [0.15, 0.2) is 30.5 Å². The van der Waals surface area contributed by atoms with E-state index >= 15 is 0 Å². The van der Waals surface area contributed by atoms with E-state index in [0.29, 0.717) is 12.5 Å². The topological polar surface area (TPSA) is 64.3 Å². The van der Waals surface area contributed by atoms with E-state index in [1.165, 1.54) is 0 Å². The number of hydrogen-bond donors (Lipinski definition) is 1. The predicted molar refractivity (Wildman–Crippen MR) is 79.8 cm³/mol. The number of nitrogens with zero attached hydrogens (tertiary/aromatic N) is 3. The molecule has 0 atom stereocenters. The fourth-order valence-corrected chi connectivity index (χ4v) is 1.98. The lowest BCUT2D eigenvalue weighted by atomic mass is 10.2. The molecule has 2 N–H and O–H groups in total. The summed E-state index contributed by atoms with van der Waals surface area (Å²) < 4.78 is 5.23. The van der Waals surface area contributed by atoms with E-state index in [2.05, 4.69) is 16.0 Å². The zero-order valence-electron chi connectivity index (χ0n) is 12.1. The maximum Gasteiger partial charge on any atom is 0.225 e. The van der Waals surface area contributed by atoms with Crippen molar-refractivity contribution in [2.45, 2.75) is 20.0 Å². The van der Waals surface area contributed by atoms with Crippen LogP contribution in [0.2, 0.25) is 0 Å². The molecule has 2 aromatic rings. The monoisotopic (exact) mass is 272 g/mol. The van der Waals surface area contributed by atoms with Gasteiger partial charge in [-0.05, 0) is 24.6 Å². The minimum atomic E-state index is 0.464. The molecule has 2 rings (SSSR count). The Bertz CT molecular complexity index is 586. The third kappa shape index (κ3) is 3.24. The Kier molecular flexibility index (Phi) is 4.53. The van der Waals surface area contributed by atoms with Gasteiger partial charge in [0.25, 0.3) is 0 Å². The maximum absolute atomic E-state index is 5.62. The number of benzene rings is 1. The number of rotatable bonds is 5. The van der Waals surface area contributed by atoms with E-state index < -0.39 is 0 Å². The summed E-state index contributed by atoms with van der Waals surface area (Å²) in [5, 5.41) is 0. The molecule has 5 heteroatoms. The first kappa shape index (κ1) is 14.3. The highest BCUT2D eigenvalue weighted by Crippen LogP contribution is 2.16. The zero-order chi connectivity index (χ0) is 14.5. The highest BCUT2D eigenvalue weighted by molar-refractivity contribution is 5.36. The highest BCUT2D eigenvalue weighted by atomic mass is 16.5. The van der Waals surface area contributed by atoms with Gasteiger partial charge >= 0.3 is 0 Å². The summed E-state index contributed by atoms with van der Waals surface area (Å²) in [6, 6.07) is 7.98. The number of methoxy groups -OCH3 is 1. The number of anilines is 1. The van der Waals surface area contributed by atoms with Gasteiger partial charge in [0, 0.05) is 37.6 Å². The molecule has 20 heavy (non-hydrogen) atoms. The second-order valence-electron chi connectivity index (χ2n) is 4.69. The fraction of sp³-hybridized carbons (Fsp3) is 0.333. The Labute approximate surface area is 119 Å². The largest absolute Gasteiger partial charge is 0.497 e. The van der Waals surface area contributed by atoms with E-state index in [-0.39, 0.29) is 0 Å². The quantitative estimate of drug-likeness (QED) is 0.900. The molecule has 0 aliphatic rings. The first-order valence-corrected chi connectivity index (χ1v) is 6.50. The van der Waals surface area contributed by atoms with Gasteiger partial charge in [0.2, 0.25) is 5.95 Å². The van der Waals surface area contributed by atoms with Gasteiger partial charge < -0.3 is 15.4 Å². The molecule has 0 saturated carbocycles. The molecule has 0 saturated heterocycles. The minimum Gasteiger partial charge on any atom is -0.497 e. The van der Waals surface area contributed by atoms with Crippen LogP contribution in [0.1, 0.15) is 16.8 Å². The molecule has 0 amide bonds. The van der Waals surface area contributed by atoms with Gasteiger partial charge in [-0.15, -0.1) is 0 Å². The van der Waals surface area contributed by atoms with E-state index in [1.807, 2.05) is 37.1 Å². The summed E-state index contributed by atoms with van der Waals surface area (Å²) in [6.45, 7) is 3.14. The molecule has 0 spiro atoms. The van der Waals surface area contributed by atoms with Crippen LogP contribution in [0, 0.1) is 6.92 Å². The Morgan fingerprint density at radius 3 is 2.80 bits per heavy atom. The summed E-state index contributed by atoms with van der Waals surface area (Å²) >= 11 is 0. The van der Waals surface area contributed by atoms with Crippen molar-refractivity contribution in [1.29, 1.82) is 0 Å². The molecule has 5 nitrogen and oxygen atoms in total. The second-order valence-corrected chi connectivity index (χ2v) is 4.69. The molecule has 1 aromatic carbocycles. The first-order valence-electron chi connectivity index (χ1n) is 6.50. The van der Waals surface area contributed by atoms with Gasteiger partial charge in [-0.3, -0.25) is 0 Å². The standard InChI is InChI=1S/C15H20N4O/c1-11-13(8-16)9-17-15(18-11)19(2)10-12-5-4-6-14(7-12)20-3/h4-7,9H,8,10,16H2,1-3H3. The minimum absolute atomic E-state index is 0.464. The predicted octanol–water partition coefficient (Wildman–Crippen LogP) is 1.89. The molecule has 1 heterocycles. The van der Waals surface area contributed by atoms with Crippen LogP contribution in [0.25, 0.3) is 0 Å². The molecule has 0 fully saturated rings. The van der Waals surface area contributed by atoms with E-state index in [0.717, 1.165) is 29.1 Å². The number of nitrogens with two attached hydrogens (primary N) is 1. The van der Waals surface area contributed by atoms with Crippen LogP contribution in [0.5, 0.6) is 5.75 Å². The molecular weight excluding hydrogens is 252 g/mol. The normalized spacial score (nSPS) is 10.4. The van der Waals surface area contributed by atoms with Crippen molar-refractivity contribution in [1.82, 2.24) is 9.97 Å². The van der Waals surface area contributed by atoms with Gasteiger partial charge in [0.05, 0.1) is 7.11 Å². The number of aromatic nitrogens is 2. The molecule has 0 aliphatic heterocycles. The zero-order valence-corrected chi connectivity index (χ0v) is 12.1. The van der Waals surface area contributed by atoms with E-state index in [4.69, 9.17) is 10.5 Å². The summed E-state index contributed by atoms with van der Waals surface area (Å²) in [5.41, 5.74) is 8.68. The summed E-state index contributed by atoms with van der Waals surface area (Å²) in [5.74, 6) is 1.55. The molecular formula is C15H20N4O. The van der Waals surface area contributed by atoms with Gasteiger partial charge in [-0.2, -0.15) is 0 Å². The lowest BCUT2D eigenvalue weighted by molar-refractivity contribution is 0.414. The average molecular weight is 272 g/mol. The number of hydrogen-bond acceptors (Lipinski definition) is 5. The van der Waals surface area contributed by atoms with Crippen LogP contribution in [-0.4, -0.2) is 24.1 Å². The highest BCUT2D eigenvalue weighted by Gasteiger charge is 2.08. The van der Waals surface area contributed by atoms with Crippen LogP contribution in [0.3, 0.4) is 0 Å². The Morgan fingerprint density at radius 1 is 1.35 bits per heavy atom. The molecule has 0 aliphatic carbocycles. The van der Waals surface area contributed by atoms with Crippen LogP contribution in [-0.2, 0) is 13.1 Å². The van der Waals surface area contributed by atoms with Crippen molar-refractivity contribution in [3.8, 4) is 5.75 Å². The van der Waals surface area contributed by atoms with Crippen LogP contribution < -0.4 is 15.4 Å². The maximum atomic E-state index is 5.62. The van der Waals surface area contributed by atoms with Crippen molar-refractivity contribution in [3.05, 3.63) is 47.3 Å². The van der Waals surface area contributed by atoms with Crippen molar-refractivity contribution in [3.63, 3.8) is 0 Å². The summed E-state index contributed by atoms with van der Waals surface area (Å²) in [4.78, 5) is 10.8. The number of ether oxygens (including phenoxy) is 1. The molecule has 0 radical (unpaired) electrons. The third-order valence-corrected chi connectivity index (χ3v) is 3.18. The van der Waals surface area contributed by atoms with Crippen molar-refractivity contribution < 1.29 is 4.74 Å². The Balaban J connectivity index is 2.14. The third-order valence-electron chi connectivity index (χ3n) is 3.18. The fourth-order valence-electron chi connectivity index (χ4n) is 1.98. The average Bonchev–Trinajstić information content (AvgIpc) is 2.47. The van der Waals surface area contributed by atoms with Gasteiger partial charge in [0.1, 0.15) is 5.75 Å². The lowest BCUT2D eigenvalue weighted by Gasteiger charge is -2.18. The van der Waals surface area contributed by atoms with Crippen LogP contribution >= 0.6 is 0 Å². The lowest BCUT2D eigenvalue weighted by Crippen LogP contribution is -2.20. The Morgan fingerprint density at radius 2 is 2.15 bits per heavy atom. The molecule has 0 bridgehead atoms. The number of aryl methyl sites for hydroxylation is 1. The van der Waals surface area contributed by atoms with Gasteiger partial charge in [0.15, 0.2) is 0 Å². The smallest absolute Gasteiger partial charge is 0.225 e. The van der Waals surface area contributed by atoms with Crippen molar-refractivity contribution >= 4 is 5.95 Å². The van der Waals surface area contributed by atoms with Crippen molar-refractivity contribution in [2.24, 2.45) is 5.73 Å². The first-order chi connectivity index (χ1) is 9.63. The van der Waals surface area contributed by atoms with E-state index in [9.17, 15) is 0 Å². The summed E-state index contributed by atoms with van der Waals surface area (Å²) in [6.07, 6.45) is 1.79. The SMILES string of the molecule is COc1cccc(CN(C)c2ncc(CN)c(C)n2)c1. The molecule has 1 aromatic heterocycles. The summed E-state index contributed by atoms with van der Waals surface area (Å²) in [7, 11) is 3.64. The van der Waals surface area contributed by atoms with Gasteiger partial charge in [-0.1, -0.05) is 12.1 Å². The van der Waals surface area contributed by atoms with Gasteiger partial charge in [-0.25, -0.2) is 9.97 Å². The van der Waals surface area contributed by atoms with Crippen molar-refractivity contribution in [2.75, 3.05) is 19.1 Å². The Hall–Kier alpha value is -2.14. The molecule has 0 unspecified atom stereocenters. The second kappa shape index (κ2) is 6.34. The molecule has 106 valence electrons.